The Hall–Kier alpha value is -2.31. The predicted molar refractivity (Wildman–Crippen MR) is 110 cm³/mol. The molecule has 1 amide bonds. The summed E-state index contributed by atoms with van der Waals surface area (Å²) >= 11 is 3.16. The molecule has 0 bridgehead atoms. The molecule has 1 heterocycles. The van der Waals surface area contributed by atoms with Crippen LogP contribution >= 0.6 is 23.1 Å². The highest BCUT2D eigenvalue weighted by Gasteiger charge is 2.13. The fraction of sp³-hybridized carbons (Fsp3) is 0.200. The van der Waals surface area contributed by atoms with E-state index in [-0.39, 0.29) is 5.91 Å². The van der Waals surface area contributed by atoms with E-state index in [9.17, 15) is 4.79 Å². The summed E-state index contributed by atoms with van der Waals surface area (Å²) in [5.41, 5.74) is 4.67. The maximum atomic E-state index is 12.4. The second-order valence-electron chi connectivity index (χ2n) is 5.83. The SMILES string of the molecule is COc1ccc(C)cc1-c1csc(NC(=O)c2ccc(CSC)cc2)n1. The number of ether oxygens (including phenoxy) is 1. The lowest BCUT2D eigenvalue weighted by molar-refractivity contribution is 0.102. The molecule has 0 unspecified atom stereocenters. The van der Waals surface area contributed by atoms with Crippen LogP contribution in [0.1, 0.15) is 21.5 Å². The van der Waals surface area contributed by atoms with Gasteiger partial charge in [-0.1, -0.05) is 23.8 Å². The Morgan fingerprint density at radius 2 is 2.00 bits per heavy atom. The zero-order valence-electron chi connectivity index (χ0n) is 14.9. The summed E-state index contributed by atoms with van der Waals surface area (Å²) in [6.45, 7) is 2.03. The number of aromatic nitrogens is 1. The number of hydrogen-bond acceptors (Lipinski definition) is 5. The van der Waals surface area contributed by atoms with Crippen molar-refractivity contribution in [1.82, 2.24) is 4.98 Å². The standard InChI is InChI=1S/C20H20N2O2S2/c1-13-4-9-18(24-2)16(10-13)17-12-26-20(21-17)22-19(23)15-7-5-14(6-8-15)11-25-3/h4-10,12H,11H2,1-3H3,(H,21,22,23). The number of hydrogen-bond donors (Lipinski definition) is 1. The number of nitrogens with zero attached hydrogens (tertiary/aromatic N) is 1. The Kier molecular flexibility index (Phi) is 5.96. The van der Waals surface area contributed by atoms with Gasteiger partial charge in [-0.2, -0.15) is 11.8 Å². The van der Waals surface area contributed by atoms with E-state index < -0.39 is 0 Å². The van der Waals surface area contributed by atoms with E-state index >= 15 is 0 Å². The minimum absolute atomic E-state index is 0.155. The van der Waals surface area contributed by atoms with Crippen molar-refractivity contribution in [2.75, 3.05) is 18.7 Å². The smallest absolute Gasteiger partial charge is 0.257 e. The highest BCUT2D eigenvalue weighted by Crippen LogP contribution is 2.33. The molecule has 0 radical (unpaired) electrons. The van der Waals surface area contributed by atoms with Crippen molar-refractivity contribution in [2.45, 2.75) is 12.7 Å². The zero-order chi connectivity index (χ0) is 18.5. The van der Waals surface area contributed by atoms with Gasteiger partial charge in [0.15, 0.2) is 5.13 Å². The fourth-order valence-electron chi connectivity index (χ4n) is 2.57. The molecule has 0 aliphatic carbocycles. The molecule has 0 aliphatic rings. The average molecular weight is 385 g/mol. The van der Waals surface area contributed by atoms with Gasteiger partial charge in [-0.15, -0.1) is 11.3 Å². The van der Waals surface area contributed by atoms with E-state index in [0.717, 1.165) is 28.3 Å². The van der Waals surface area contributed by atoms with E-state index in [1.165, 1.54) is 16.9 Å². The predicted octanol–water partition coefficient (Wildman–Crippen LogP) is 5.24. The molecule has 0 saturated carbocycles. The van der Waals surface area contributed by atoms with Crippen LogP contribution in [0, 0.1) is 6.92 Å². The summed E-state index contributed by atoms with van der Waals surface area (Å²) < 4.78 is 5.42. The Morgan fingerprint density at radius 1 is 1.23 bits per heavy atom. The molecule has 0 fully saturated rings. The Labute approximate surface area is 161 Å². The number of rotatable bonds is 6. The number of aryl methyl sites for hydroxylation is 1. The molecule has 1 N–H and O–H groups in total. The largest absolute Gasteiger partial charge is 0.496 e. The van der Waals surface area contributed by atoms with Gasteiger partial charge in [-0.05, 0) is 43.0 Å². The third kappa shape index (κ3) is 4.26. The van der Waals surface area contributed by atoms with Crippen LogP contribution in [0.4, 0.5) is 5.13 Å². The van der Waals surface area contributed by atoms with Crippen molar-refractivity contribution in [2.24, 2.45) is 0 Å². The summed E-state index contributed by atoms with van der Waals surface area (Å²) in [7, 11) is 1.64. The van der Waals surface area contributed by atoms with Crippen LogP contribution in [-0.4, -0.2) is 24.3 Å². The number of carbonyl (C=O) groups excluding carboxylic acids is 1. The van der Waals surface area contributed by atoms with E-state index in [4.69, 9.17) is 4.74 Å². The summed E-state index contributed by atoms with van der Waals surface area (Å²) in [5, 5.41) is 5.37. The first-order valence-corrected chi connectivity index (χ1v) is 10.4. The summed E-state index contributed by atoms with van der Waals surface area (Å²) in [6, 6.07) is 13.6. The van der Waals surface area contributed by atoms with Crippen molar-refractivity contribution in [3.05, 3.63) is 64.5 Å². The lowest BCUT2D eigenvalue weighted by Gasteiger charge is -2.07. The number of thiazole rings is 1. The van der Waals surface area contributed by atoms with Gasteiger partial charge in [0, 0.05) is 22.3 Å². The molecular weight excluding hydrogens is 364 g/mol. The summed E-state index contributed by atoms with van der Waals surface area (Å²) in [6.07, 6.45) is 2.06. The highest BCUT2D eigenvalue weighted by molar-refractivity contribution is 7.97. The minimum Gasteiger partial charge on any atom is -0.496 e. The van der Waals surface area contributed by atoms with Gasteiger partial charge in [0.25, 0.3) is 5.91 Å². The number of carbonyl (C=O) groups is 1. The van der Waals surface area contributed by atoms with Crippen molar-refractivity contribution in [3.63, 3.8) is 0 Å². The Balaban J connectivity index is 1.76. The van der Waals surface area contributed by atoms with E-state index in [1.54, 1.807) is 18.9 Å². The first kappa shape index (κ1) is 18.5. The van der Waals surface area contributed by atoms with E-state index in [2.05, 4.69) is 16.6 Å². The van der Waals surface area contributed by atoms with E-state index in [0.29, 0.717) is 10.7 Å². The normalized spacial score (nSPS) is 10.6. The van der Waals surface area contributed by atoms with Crippen LogP contribution in [0.5, 0.6) is 5.75 Å². The molecule has 0 spiro atoms. The maximum absolute atomic E-state index is 12.4. The molecule has 0 atom stereocenters. The lowest BCUT2D eigenvalue weighted by Crippen LogP contribution is -2.11. The molecular formula is C20H20N2O2S2. The van der Waals surface area contributed by atoms with Crippen LogP contribution in [0.2, 0.25) is 0 Å². The van der Waals surface area contributed by atoms with Crippen LogP contribution in [0.15, 0.2) is 47.8 Å². The Bertz CT molecular complexity index is 904. The van der Waals surface area contributed by atoms with Crippen LogP contribution < -0.4 is 10.1 Å². The van der Waals surface area contributed by atoms with Gasteiger partial charge in [0.2, 0.25) is 0 Å². The quantitative estimate of drug-likeness (QED) is 0.631. The molecule has 0 saturated heterocycles. The Morgan fingerprint density at radius 3 is 2.69 bits per heavy atom. The number of amides is 1. The molecule has 1 aromatic heterocycles. The molecule has 2 aromatic carbocycles. The first-order valence-electron chi connectivity index (χ1n) is 8.10. The number of benzene rings is 2. The maximum Gasteiger partial charge on any atom is 0.257 e. The molecule has 26 heavy (non-hydrogen) atoms. The third-order valence-corrected chi connectivity index (χ3v) is 5.26. The second kappa shape index (κ2) is 8.38. The van der Waals surface area contributed by atoms with Gasteiger partial charge in [-0.3, -0.25) is 10.1 Å². The fourth-order valence-corrected chi connectivity index (χ4v) is 3.80. The van der Waals surface area contributed by atoms with Crippen molar-refractivity contribution < 1.29 is 9.53 Å². The highest BCUT2D eigenvalue weighted by atomic mass is 32.2. The third-order valence-electron chi connectivity index (χ3n) is 3.88. The molecule has 3 aromatic rings. The number of methoxy groups -OCH3 is 1. The topological polar surface area (TPSA) is 51.2 Å². The van der Waals surface area contributed by atoms with Gasteiger partial charge < -0.3 is 4.74 Å². The number of nitrogens with one attached hydrogen (secondary N) is 1. The average Bonchev–Trinajstić information content (AvgIpc) is 3.11. The molecule has 0 aliphatic heterocycles. The van der Waals surface area contributed by atoms with Crippen LogP contribution in [-0.2, 0) is 5.75 Å². The monoisotopic (exact) mass is 384 g/mol. The van der Waals surface area contributed by atoms with E-state index in [1.807, 2.05) is 54.8 Å². The second-order valence-corrected chi connectivity index (χ2v) is 7.55. The molecule has 6 heteroatoms. The van der Waals surface area contributed by atoms with Crippen molar-refractivity contribution in [3.8, 4) is 17.0 Å². The van der Waals surface area contributed by atoms with Gasteiger partial charge in [-0.25, -0.2) is 4.98 Å². The lowest BCUT2D eigenvalue weighted by atomic mass is 10.1. The van der Waals surface area contributed by atoms with Crippen molar-refractivity contribution >= 4 is 34.1 Å². The van der Waals surface area contributed by atoms with Crippen molar-refractivity contribution in [1.29, 1.82) is 0 Å². The van der Waals surface area contributed by atoms with Crippen LogP contribution in [0.25, 0.3) is 11.3 Å². The summed E-state index contributed by atoms with van der Waals surface area (Å²) in [4.78, 5) is 17.0. The van der Waals surface area contributed by atoms with Crippen LogP contribution in [0.3, 0.4) is 0 Å². The first-order chi connectivity index (χ1) is 12.6. The van der Waals surface area contributed by atoms with Gasteiger partial charge >= 0.3 is 0 Å². The van der Waals surface area contributed by atoms with Gasteiger partial charge in [0.1, 0.15) is 5.75 Å². The number of thioether (sulfide) groups is 1. The molecule has 4 nitrogen and oxygen atoms in total. The summed E-state index contributed by atoms with van der Waals surface area (Å²) in [5.74, 6) is 1.55. The number of anilines is 1. The van der Waals surface area contributed by atoms with Gasteiger partial charge in [0.05, 0.1) is 12.8 Å². The minimum atomic E-state index is -0.155. The molecule has 3 rings (SSSR count). The zero-order valence-corrected chi connectivity index (χ0v) is 16.5. The molecule has 134 valence electrons.